The number of allylic oxidation sites excluding steroid dienone is 2. The zero-order chi connectivity index (χ0) is 11.2. The Hall–Kier alpha value is -0.630. The Kier molecular flexibility index (Phi) is 4.58. The second kappa shape index (κ2) is 6.19. The first-order valence-corrected chi connectivity index (χ1v) is 6.70. The van der Waals surface area contributed by atoms with E-state index in [2.05, 4.69) is 6.08 Å². The van der Waals surface area contributed by atoms with Crippen LogP contribution in [-0.2, 0) is 9.53 Å². The largest absolute Gasteiger partial charge is 0.378 e. The minimum absolute atomic E-state index is 0.387. The van der Waals surface area contributed by atoms with E-state index in [1.807, 2.05) is 0 Å². The molecule has 1 aliphatic heterocycles. The number of ketones is 1. The topological polar surface area (TPSA) is 26.3 Å². The summed E-state index contributed by atoms with van der Waals surface area (Å²) in [6.45, 7) is 0.920. The van der Waals surface area contributed by atoms with Crippen LogP contribution in [0.5, 0.6) is 0 Å². The number of ether oxygens (including phenoxy) is 1. The van der Waals surface area contributed by atoms with Gasteiger partial charge >= 0.3 is 0 Å². The van der Waals surface area contributed by atoms with Crippen LogP contribution >= 0.6 is 0 Å². The first-order valence-electron chi connectivity index (χ1n) is 6.70. The summed E-state index contributed by atoms with van der Waals surface area (Å²) in [6, 6.07) is 0. The first-order chi connectivity index (χ1) is 7.86. The lowest BCUT2D eigenvalue weighted by Gasteiger charge is -2.12. The average molecular weight is 222 g/mol. The number of rotatable bonds is 5. The molecule has 0 saturated carbocycles. The molecule has 1 heterocycles. The Bertz CT molecular complexity index is 262. The van der Waals surface area contributed by atoms with Crippen LogP contribution in [0.3, 0.4) is 0 Å². The third-order valence-electron chi connectivity index (χ3n) is 3.60. The monoisotopic (exact) mass is 222 g/mol. The number of carbonyl (C=O) groups excluding carboxylic acids is 1. The van der Waals surface area contributed by atoms with E-state index in [0.29, 0.717) is 11.9 Å². The fraction of sp³-hybridized carbons (Fsp3) is 0.786. The fourth-order valence-corrected chi connectivity index (χ4v) is 2.61. The summed E-state index contributed by atoms with van der Waals surface area (Å²) in [6.07, 6.45) is 12.3. The van der Waals surface area contributed by atoms with E-state index in [1.165, 1.54) is 25.7 Å². The molecular formula is C14H22O2. The van der Waals surface area contributed by atoms with Crippen molar-refractivity contribution in [3.05, 3.63) is 11.6 Å². The minimum Gasteiger partial charge on any atom is -0.378 e. The summed E-state index contributed by atoms with van der Waals surface area (Å²) in [5.74, 6) is 0.387. The molecule has 0 radical (unpaired) electrons. The van der Waals surface area contributed by atoms with Gasteiger partial charge < -0.3 is 4.74 Å². The van der Waals surface area contributed by atoms with Gasteiger partial charge in [-0.25, -0.2) is 0 Å². The van der Waals surface area contributed by atoms with Crippen LogP contribution < -0.4 is 0 Å². The molecule has 0 amide bonds. The molecule has 0 aromatic carbocycles. The highest BCUT2D eigenvalue weighted by Crippen LogP contribution is 2.22. The molecule has 2 heteroatoms. The summed E-state index contributed by atoms with van der Waals surface area (Å²) in [5, 5.41) is 0. The highest BCUT2D eigenvalue weighted by molar-refractivity contribution is 5.95. The van der Waals surface area contributed by atoms with Gasteiger partial charge in [-0.15, -0.1) is 0 Å². The van der Waals surface area contributed by atoms with E-state index in [-0.39, 0.29) is 0 Å². The molecule has 2 nitrogen and oxygen atoms in total. The van der Waals surface area contributed by atoms with Gasteiger partial charge in [0, 0.05) is 13.0 Å². The molecule has 2 rings (SSSR count). The Morgan fingerprint density at radius 3 is 3.00 bits per heavy atom. The smallest absolute Gasteiger partial charge is 0.158 e. The van der Waals surface area contributed by atoms with Gasteiger partial charge in [0.25, 0.3) is 0 Å². The molecule has 16 heavy (non-hydrogen) atoms. The number of hydrogen-bond acceptors (Lipinski definition) is 2. The number of Topliss-reactive ketones (excluding diaryl/α,β-unsaturated/α-hetero) is 1. The van der Waals surface area contributed by atoms with E-state index >= 15 is 0 Å². The average Bonchev–Trinajstić information content (AvgIpc) is 2.83. The summed E-state index contributed by atoms with van der Waals surface area (Å²) in [7, 11) is 0. The lowest BCUT2D eigenvalue weighted by Crippen LogP contribution is -2.09. The molecular weight excluding hydrogens is 200 g/mol. The van der Waals surface area contributed by atoms with E-state index in [9.17, 15) is 4.79 Å². The molecule has 1 fully saturated rings. The SMILES string of the molecule is O=C(CCCC1CCCO1)C1=CCCCC1. The maximum Gasteiger partial charge on any atom is 0.158 e. The van der Waals surface area contributed by atoms with Gasteiger partial charge in [0.15, 0.2) is 5.78 Å². The second-order valence-corrected chi connectivity index (χ2v) is 4.93. The second-order valence-electron chi connectivity index (χ2n) is 4.93. The fourth-order valence-electron chi connectivity index (χ4n) is 2.61. The molecule has 0 spiro atoms. The van der Waals surface area contributed by atoms with Gasteiger partial charge in [-0.3, -0.25) is 4.79 Å². The molecule has 1 aliphatic carbocycles. The maximum absolute atomic E-state index is 11.9. The van der Waals surface area contributed by atoms with Crippen LogP contribution in [0.1, 0.15) is 57.8 Å². The van der Waals surface area contributed by atoms with Crippen molar-refractivity contribution in [1.29, 1.82) is 0 Å². The first kappa shape index (κ1) is 11.8. The molecule has 1 atom stereocenters. The van der Waals surface area contributed by atoms with Crippen molar-refractivity contribution in [2.75, 3.05) is 6.61 Å². The Morgan fingerprint density at radius 2 is 2.31 bits per heavy atom. The Balaban J connectivity index is 1.65. The normalized spacial score (nSPS) is 25.5. The zero-order valence-electron chi connectivity index (χ0n) is 10.0. The molecule has 1 saturated heterocycles. The van der Waals surface area contributed by atoms with Crippen LogP contribution in [0.2, 0.25) is 0 Å². The quantitative estimate of drug-likeness (QED) is 0.712. The Morgan fingerprint density at radius 1 is 1.38 bits per heavy atom. The molecule has 0 aromatic rings. The summed E-state index contributed by atoms with van der Waals surface area (Å²) in [5.41, 5.74) is 1.10. The molecule has 0 aromatic heterocycles. The molecule has 2 aliphatic rings. The van der Waals surface area contributed by atoms with Crippen LogP contribution in [-0.4, -0.2) is 18.5 Å². The van der Waals surface area contributed by atoms with Crippen molar-refractivity contribution in [1.82, 2.24) is 0 Å². The molecule has 1 unspecified atom stereocenters. The van der Waals surface area contributed by atoms with Gasteiger partial charge in [0.2, 0.25) is 0 Å². The van der Waals surface area contributed by atoms with Crippen molar-refractivity contribution in [2.24, 2.45) is 0 Å². The molecule has 90 valence electrons. The van der Waals surface area contributed by atoms with Gasteiger partial charge in [-0.1, -0.05) is 6.08 Å². The highest BCUT2D eigenvalue weighted by Gasteiger charge is 2.16. The summed E-state index contributed by atoms with van der Waals surface area (Å²) in [4.78, 5) is 11.9. The minimum atomic E-state index is 0.387. The van der Waals surface area contributed by atoms with Crippen molar-refractivity contribution < 1.29 is 9.53 Å². The van der Waals surface area contributed by atoms with Gasteiger partial charge in [-0.2, -0.15) is 0 Å². The maximum atomic E-state index is 11.9. The molecule has 0 bridgehead atoms. The third kappa shape index (κ3) is 3.44. The third-order valence-corrected chi connectivity index (χ3v) is 3.60. The number of carbonyl (C=O) groups is 1. The predicted octanol–water partition coefficient (Wildman–Crippen LogP) is 3.41. The van der Waals surface area contributed by atoms with Crippen molar-refractivity contribution in [2.45, 2.75) is 63.9 Å². The Labute approximate surface area is 98.1 Å². The number of hydrogen-bond donors (Lipinski definition) is 0. The van der Waals surface area contributed by atoms with Gasteiger partial charge in [0.05, 0.1) is 6.10 Å². The summed E-state index contributed by atoms with van der Waals surface area (Å²) >= 11 is 0. The van der Waals surface area contributed by atoms with Crippen LogP contribution in [0, 0.1) is 0 Å². The lowest BCUT2D eigenvalue weighted by atomic mass is 9.94. The predicted molar refractivity (Wildman–Crippen MR) is 64.4 cm³/mol. The lowest BCUT2D eigenvalue weighted by molar-refractivity contribution is -0.116. The summed E-state index contributed by atoms with van der Waals surface area (Å²) < 4.78 is 5.55. The van der Waals surface area contributed by atoms with Crippen LogP contribution in [0.4, 0.5) is 0 Å². The standard InChI is InChI=1S/C14H22O2/c15-14(12-6-2-1-3-7-12)10-4-8-13-9-5-11-16-13/h6,13H,1-5,7-11H2. The van der Waals surface area contributed by atoms with Crippen molar-refractivity contribution in [3.63, 3.8) is 0 Å². The van der Waals surface area contributed by atoms with Crippen molar-refractivity contribution >= 4 is 5.78 Å². The van der Waals surface area contributed by atoms with Gasteiger partial charge in [-0.05, 0) is 56.9 Å². The van der Waals surface area contributed by atoms with E-state index in [0.717, 1.165) is 44.3 Å². The van der Waals surface area contributed by atoms with E-state index in [4.69, 9.17) is 4.74 Å². The van der Waals surface area contributed by atoms with Crippen LogP contribution in [0.25, 0.3) is 0 Å². The van der Waals surface area contributed by atoms with Crippen molar-refractivity contribution in [3.8, 4) is 0 Å². The highest BCUT2D eigenvalue weighted by atomic mass is 16.5. The molecule has 0 N–H and O–H groups in total. The van der Waals surface area contributed by atoms with Crippen LogP contribution in [0.15, 0.2) is 11.6 Å². The van der Waals surface area contributed by atoms with E-state index < -0.39 is 0 Å². The zero-order valence-corrected chi connectivity index (χ0v) is 10.0. The van der Waals surface area contributed by atoms with Gasteiger partial charge in [0.1, 0.15) is 0 Å². The van der Waals surface area contributed by atoms with E-state index in [1.54, 1.807) is 0 Å².